The first-order valence-electron chi connectivity index (χ1n) is 10.8. The minimum absolute atomic E-state index is 0.00232. The Kier molecular flexibility index (Phi) is 6.55. The summed E-state index contributed by atoms with van der Waals surface area (Å²) in [5.74, 6) is 0.702. The number of carbonyl (C=O) groups excluding carboxylic acids is 1. The maximum Gasteiger partial charge on any atom is 0.223 e. The normalized spacial score (nSPS) is 15.8. The zero-order chi connectivity index (χ0) is 21.6. The number of amides is 1. The summed E-state index contributed by atoms with van der Waals surface area (Å²) in [6.07, 6.45) is 5.66. The van der Waals surface area contributed by atoms with Gasteiger partial charge in [-0.3, -0.25) is 9.78 Å². The average Bonchev–Trinajstić information content (AvgIpc) is 3.26. The van der Waals surface area contributed by atoms with Gasteiger partial charge in [0.1, 0.15) is 11.6 Å². The fraction of sp³-hybridized carbons (Fsp3) is 0.320. The number of hydrogen-bond donors (Lipinski definition) is 1. The molecule has 1 saturated heterocycles. The van der Waals surface area contributed by atoms with E-state index >= 15 is 0 Å². The summed E-state index contributed by atoms with van der Waals surface area (Å²) in [6, 6.07) is 16.3. The highest BCUT2D eigenvalue weighted by molar-refractivity contribution is 5.77. The molecule has 0 aliphatic carbocycles. The molecular formula is C25H27FN4O. The lowest BCUT2D eigenvalue weighted by Gasteiger charge is -2.25. The Morgan fingerprint density at radius 2 is 2.03 bits per heavy atom. The SMILES string of the molecule is Cc1cc(Nc2ccccn2)cc([C@@H]2CCCN2C(=O)CCCc2ccc(F)cc2)n1. The minimum Gasteiger partial charge on any atom is -0.340 e. The average molecular weight is 419 g/mol. The smallest absolute Gasteiger partial charge is 0.223 e. The molecule has 1 atom stereocenters. The molecule has 1 amide bonds. The standard InChI is InChI=1S/C25H27FN4O/c1-18-16-21(29-24-8-2-3-14-27-24)17-22(28-18)23-7-5-15-30(23)25(31)9-4-6-19-10-12-20(26)13-11-19/h2-3,8,10-14,16-17,23H,4-7,9,15H2,1H3,(H,27,28,29)/t23-/m0/s1. The molecule has 3 heterocycles. The van der Waals surface area contributed by atoms with Crippen molar-refractivity contribution in [3.8, 4) is 0 Å². The molecule has 1 aliphatic rings. The van der Waals surface area contributed by atoms with Gasteiger partial charge in [-0.1, -0.05) is 18.2 Å². The van der Waals surface area contributed by atoms with Gasteiger partial charge in [-0.2, -0.15) is 0 Å². The Labute approximate surface area is 182 Å². The second kappa shape index (κ2) is 9.69. The van der Waals surface area contributed by atoms with E-state index in [4.69, 9.17) is 4.98 Å². The topological polar surface area (TPSA) is 58.1 Å². The molecule has 4 rings (SSSR count). The van der Waals surface area contributed by atoms with Gasteiger partial charge in [0.2, 0.25) is 5.91 Å². The van der Waals surface area contributed by atoms with Crippen molar-refractivity contribution in [1.82, 2.24) is 14.9 Å². The number of pyridine rings is 2. The lowest BCUT2D eigenvalue weighted by Crippen LogP contribution is -2.31. The lowest BCUT2D eigenvalue weighted by molar-refractivity contribution is -0.132. The predicted octanol–water partition coefficient (Wildman–Crippen LogP) is 5.35. The summed E-state index contributed by atoms with van der Waals surface area (Å²) >= 11 is 0. The van der Waals surface area contributed by atoms with Crippen molar-refractivity contribution in [1.29, 1.82) is 0 Å². The molecule has 0 unspecified atom stereocenters. The molecule has 1 aliphatic heterocycles. The van der Waals surface area contributed by atoms with Gasteiger partial charge in [0.05, 0.1) is 11.7 Å². The number of hydrogen-bond acceptors (Lipinski definition) is 4. The molecule has 5 nitrogen and oxygen atoms in total. The summed E-state index contributed by atoms with van der Waals surface area (Å²) in [4.78, 5) is 24.0. The lowest BCUT2D eigenvalue weighted by atomic mass is 10.1. The van der Waals surface area contributed by atoms with E-state index in [9.17, 15) is 9.18 Å². The molecule has 160 valence electrons. The van der Waals surface area contributed by atoms with Crippen molar-refractivity contribution in [3.05, 3.63) is 83.6 Å². The van der Waals surface area contributed by atoms with Crippen LogP contribution in [0.1, 0.15) is 48.7 Å². The number of benzene rings is 1. The molecule has 1 aromatic carbocycles. The molecule has 0 radical (unpaired) electrons. The van der Waals surface area contributed by atoms with E-state index in [1.807, 2.05) is 42.2 Å². The predicted molar refractivity (Wildman–Crippen MR) is 120 cm³/mol. The van der Waals surface area contributed by atoms with E-state index in [-0.39, 0.29) is 17.8 Å². The third kappa shape index (κ3) is 5.45. The summed E-state index contributed by atoms with van der Waals surface area (Å²) in [6.45, 7) is 2.73. The molecule has 0 saturated carbocycles. The molecule has 0 spiro atoms. The second-order valence-corrected chi connectivity index (χ2v) is 7.99. The fourth-order valence-electron chi connectivity index (χ4n) is 4.13. The van der Waals surface area contributed by atoms with E-state index in [1.165, 1.54) is 12.1 Å². The van der Waals surface area contributed by atoms with Crippen LogP contribution in [-0.4, -0.2) is 27.3 Å². The van der Waals surface area contributed by atoms with Crippen LogP contribution < -0.4 is 5.32 Å². The number of halogens is 1. The Bertz CT molecular complexity index is 1020. The number of nitrogens with zero attached hydrogens (tertiary/aromatic N) is 3. The van der Waals surface area contributed by atoms with Gasteiger partial charge in [0.15, 0.2) is 0 Å². The van der Waals surface area contributed by atoms with Crippen LogP contribution in [0.4, 0.5) is 15.9 Å². The summed E-state index contributed by atoms with van der Waals surface area (Å²) < 4.78 is 13.0. The Morgan fingerprint density at radius 3 is 2.81 bits per heavy atom. The van der Waals surface area contributed by atoms with Crippen LogP contribution in [0.2, 0.25) is 0 Å². The second-order valence-electron chi connectivity index (χ2n) is 7.99. The molecule has 0 bridgehead atoms. The highest BCUT2D eigenvalue weighted by atomic mass is 19.1. The van der Waals surface area contributed by atoms with Crippen LogP contribution in [0.3, 0.4) is 0 Å². The first kappa shape index (κ1) is 21.0. The summed E-state index contributed by atoms with van der Waals surface area (Å²) in [5, 5.41) is 3.33. The van der Waals surface area contributed by atoms with Crippen LogP contribution in [0.25, 0.3) is 0 Å². The summed E-state index contributed by atoms with van der Waals surface area (Å²) in [5.41, 5.74) is 3.81. The third-order valence-corrected chi connectivity index (χ3v) is 5.59. The molecule has 31 heavy (non-hydrogen) atoms. The number of likely N-dealkylation sites (tertiary alicyclic amines) is 1. The van der Waals surface area contributed by atoms with Gasteiger partial charge >= 0.3 is 0 Å². The van der Waals surface area contributed by atoms with Crippen LogP contribution >= 0.6 is 0 Å². The molecule has 2 aromatic heterocycles. The largest absolute Gasteiger partial charge is 0.340 e. The van der Waals surface area contributed by atoms with E-state index in [0.717, 1.165) is 60.7 Å². The third-order valence-electron chi connectivity index (χ3n) is 5.59. The van der Waals surface area contributed by atoms with E-state index in [2.05, 4.69) is 10.3 Å². The number of aromatic nitrogens is 2. The molecule has 3 aromatic rings. The van der Waals surface area contributed by atoms with Crippen LogP contribution in [0, 0.1) is 12.7 Å². The van der Waals surface area contributed by atoms with E-state index in [0.29, 0.717) is 6.42 Å². The fourth-order valence-corrected chi connectivity index (χ4v) is 4.13. The van der Waals surface area contributed by atoms with Gasteiger partial charge in [-0.15, -0.1) is 0 Å². The van der Waals surface area contributed by atoms with Gasteiger partial charge in [-0.05, 0) is 74.6 Å². The maximum absolute atomic E-state index is 13.0. The monoisotopic (exact) mass is 418 g/mol. The van der Waals surface area contributed by atoms with Crippen LogP contribution in [0.15, 0.2) is 60.8 Å². The Hall–Kier alpha value is -3.28. The van der Waals surface area contributed by atoms with Crippen LogP contribution in [-0.2, 0) is 11.2 Å². The number of rotatable bonds is 7. The van der Waals surface area contributed by atoms with Gasteiger partial charge < -0.3 is 10.2 Å². The van der Waals surface area contributed by atoms with E-state index < -0.39 is 0 Å². The minimum atomic E-state index is -0.234. The number of nitrogens with one attached hydrogen (secondary N) is 1. The molecule has 1 N–H and O–H groups in total. The van der Waals surface area contributed by atoms with Gasteiger partial charge in [0, 0.05) is 30.5 Å². The molecule has 1 fully saturated rings. The molecule has 6 heteroatoms. The number of anilines is 2. The van der Waals surface area contributed by atoms with Crippen molar-refractivity contribution < 1.29 is 9.18 Å². The van der Waals surface area contributed by atoms with E-state index in [1.54, 1.807) is 18.3 Å². The van der Waals surface area contributed by atoms with Crippen molar-refractivity contribution in [2.45, 2.75) is 45.1 Å². The summed E-state index contributed by atoms with van der Waals surface area (Å²) in [7, 11) is 0. The molecular weight excluding hydrogens is 391 g/mol. The zero-order valence-corrected chi connectivity index (χ0v) is 17.7. The van der Waals surface area contributed by atoms with Crippen molar-refractivity contribution in [3.63, 3.8) is 0 Å². The van der Waals surface area contributed by atoms with Crippen LogP contribution in [0.5, 0.6) is 0 Å². The number of carbonyl (C=O) groups is 1. The zero-order valence-electron chi connectivity index (χ0n) is 17.7. The first-order valence-corrected chi connectivity index (χ1v) is 10.8. The maximum atomic E-state index is 13.0. The van der Waals surface area contributed by atoms with Crippen molar-refractivity contribution in [2.24, 2.45) is 0 Å². The Morgan fingerprint density at radius 1 is 1.19 bits per heavy atom. The first-order chi connectivity index (χ1) is 15.1. The highest BCUT2D eigenvalue weighted by Gasteiger charge is 2.30. The number of aryl methyl sites for hydroxylation is 2. The Balaban J connectivity index is 1.41. The van der Waals surface area contributed by atoms with Gasteiger partial charge in [0.25, 0.3) is 0 Å². The highest BCUT2D eigenvalue weighted by Crippen LogP contribution is 2.33. The van der Waals surface area contributed by atoms with Crippen molar-refractivity contribution in [2.75, 3.05) is 11.9 Å². The van der Waals surface area contributed by atoms with Crippen molar-refractivity contribution >= 4 is 17.4 Å². The quantitative estimate of drug-likeness (QED) is 0.562. The van der Waals surface area contributed by atoms with Gasteiger partial charge in [-0.25, -0.2) is 9.37 Å².